The molecule has 0 N–H and O–H groups in total. The first-order valence-corrected chi connectivity index (χ1v) is 16.0. The molecule has 2 fully saturated rings. The van der Waals surface area contributed by atoms with Gasteiger partial charge in [-0.2, -0.15) is 17.5 Å². The van der Waals surface area contributed by atoms with E-state index in [1.54, 1.807) is 0 Å². The number of piperazine rings is 1. The highest BCUT2D eigenvalue weighted by molar-refractivity contribution is 7.89. The van der Waals surface area contributed by atoms with Gasteiger partial charge in [0.15, 0.2) is 5.78 Å². The number of likely N-dealkylation sites (N-methyl/N-ethyl adjacent to an activating group) is 1. The van der Waals surface area contributed by atoms with E-state index >= 15 is 0 Å². The second-order valence-electron chi connectivity index (χ2n) is 11.5. The van der Waals surface area contributed by atoms with Gasteiger partial charge in [-0.05, 0) is 69.6 Å². The van der Waals surface area contributed by atoms with Crippen molar-refractivity contribution in [3.05, 3.63) is 53.3 Å². The highest BCUT2D eigenvalue weighted by Gasteiger charge is 2.39. The standard InChI is InChI=1S/C29H40F3N5O3S/c1-33-14-16-34(17-15-33)12-5-7-24-10-11-25-21-35(18-19-36(24)25)22-28(38)27-9-2-3-13-37(27)41(39,40)26-8-4-6-23(20-26)29(30,31)32/h4,6,8,10-11,20,27H,2-3,5,7,9,12-19,21-22H2,1H3. The van der Waals surface area contributed by atoms with E-state index in [1.165, 1.54) is 11.8 Å². The van der Waals surface area contributed by atoms with Crippen LogP contribution < -0.4 is 0 Å². The van der Waals surface area contributed by atoms with Crippen molar-refractivity contribution in [1.29, 1.82) is 0 Å². The monoisotopic (exact) mass is 595 g/mol. The molecule has 2 aromatic rings. The van der Waals surface area contributed by atoms with Gasteiger partial charge in [-0.1, -0.05) is 12.5 Å². The number of piperidine rings is 1. The minimum atomic E-state index is -4.65. The topological polar surface area (TPSA) is 69.1 Å². The van der Waals surface area contributed by atoms with Gasteiger partial charge in [-0.3, -0.25) is 9.69 Å². The Morgan fingerprint density at radius 2 is 1.71 bits per heavy atom. The zero-order valence-electron chi connectivity index (χ0n) is 23.7. The first kappa shape index (κ1) is 30.2. The van der Waals surface area contributed by atoms with Gasteiger partial charge in [0.1, 0.15) is 0 Å². The van der Waals surface area contributed by atoms with Gasteiger partial charge in [0.05, 0.1) is 23.0 Å². The van der Waals surface area contributed by atoms with E-state index in [4.69, 9.17) is 0 Å². The number of benzene rings is 1. The Labute approximate surface area is 240 Å². The highest BCUT2D eigenvalue weighted by atomic mass is 32.2. The van der Waals surface area contributed by atoms with Gasteiger partial charge < -0.3 is 14.4 Å². The number of aryl methyl sites for hydroxylation is 1. The molecule has 226 valence electrons. The molecule has 3 aliphatic rings. The summed E-state index contributed by atoms with van der Waals surface area (Å²) in [6, 6.07) is 7.20. The molecule has 41 heavy (non-hydrogen) atoms. The Balaban J connectivity index is 1.19. The van der Waals surface area contributed by atoms with E-state index in [1.807, 2.05) is 0 Å². The summed E-state index contributed by atoms with van der Waals surface area (Å²) in [5.41, 5.74) is 1.44. The maximum absolute atomic E-state index is 13.5. The lowest BCUT2D eigenvalue weighted by atomic mass is 10.0. The predicted molar refractivity (Wildman–Crippen MR) is 150 cm³/mol. The molecule has 1 aromatic heterocycles. The summed E-state index contributed by atoms with van der Waals surface area (Å²) in [6.45, 7) is 7.86. The third-order valence-electron chi connectivity index (χ3n) is 8.66. The lowest BCUT2D eigenvalue weighted by molar-refractivity contribution is -0.137. The van der Waals surface area contributed by atoms with E-state index in [0.29, 0.717) is 38.4 Å². The average molecular weight is 596 g/mol. The number of rotatable bonds is 9. The SMILES string of the molecule is CN1CCN(CCCc2ccc3n2CCN(CC(=O)C2CCCCN2S(=O)(=O)c2cccc(C(F)(F)F)c2)C3)CC1. The van der Waals surface area contributed by atoms with Gasteiger partial charge >= 0.3 is 6.18 Å². The van der Waals surface area contributed by atoms with Gasteiger partial charge in [0.25, 0.3) is 0 Å². The Hall–Kier alpha value is -2.25. The number of carbonyl (C=O) groups is 1. The van der Waals surface area contributed by atoms with Crippen molar-refractivity contribution in [2.24, 2.45) is 0 Å². The number of fused-ring (bicyclic) bond motifs is 1. The van der Waals surface area contributed by atoms with Crippen molar-refractivity contribution in [2.75, 3.05) is 59.4 Å². The third-order valence-corrected chi connectivity index (χ3v) is 10.6. The number of sulfonamides is 1. The van der Waals surface area contributed by atoms with Crippen molar-refractivity contribution < 1.29 is 26.4 Å². The maximum Gasteiger partial charge on any atom is 0.416 e. The Kier molecular flexibility index (Phi) is 9.25. The predicted octanol–water partition coefficient (Wildman–Crippen LogP) is 3.32. The zero-order valence-corrected chi connectivity index (χ0v) is 24.5. The molecule has 0 radical (unpaired) electrons. The van der Waals surface area contributed by atoms with Gasteiger partial charge in [0, 0.05) is 63.7 Å². The number of aromatic nitrogens is 1. The highest BCUT2D eigenvalue weighted by Crippen LogP contribution is 2.33. The summed E-state index contributed by atoms with van der Waals surface area (Å²) < 4.78 is 70.1. The largest absolute Gasteiger partial charge is 0.416 e. The molecule has 1 atom stereocenters. The molecular formula is C29H40F3N5O3S. The fraction of sp³-hybridized carbons (Fsp3) is 0.621. The summed E-state index contributed by atoms with van der Waals surface area (Å²) in [6.07, 6.45) is -0.900. The molecule has 0 bridgehead atoms. The molecule has 1 unspecified atom stereocenters. The molecular weight excluding hydrogens is 555 g/mol. The Morgan fingerprint density at radius 1 is 0.951 bits per heavy atom. The van der Waals surface area contributed by atoms with E-state index in [9.17, 15) is 26.4 Å². The normalized spacial score (nSPS) is 22.1. The molecule has 0 aliphatic carbocycles. The van der Waals surface area contributed by atoms with Crippen LogP contribution in [-0.4, -0.2) is 103 Å². The van der Waals surface area contributed by atoms with Crippen LogP contribution >= 0.6 is 0 Å². The first-order chi connectivity index (χ1) is 19.5. The van der Waals surface area contributed by atoms with Crippen molar-refractivity contribution in [3.63, 3.8) is 0 Å². The quantitative estimate of drug-likeness (QED) is 0.443. The summed E-state index contributed by atoms with van der Waals surface area (Å²) in [4.78, 5) is 20.0. The number of carbonyl (C=O) groups excluding carboxylic acids is 1. The lowest BCUT2D eigenvalue weighted by Crippen LogP contribution is -2.51. The second-order valence-corrected chi connectivity index (χ2v) is 13.4. The van der Waals surface area contributed by atoms with E-state index < -0.39 is 32.7 Å². The van der Waals surface area contributed by atoms with Crippen LogP contribution in [0.25, 0.3) is 0 Å². The molecule has 3 aliphatic heterocycles. The Morgan fingerprint density at radius 3 is 2.46 bits per heavy atom. The van der Waals surface area contributed by atoms with Crippen molar-refractivity contribution in [3.8, 4) is 0 Å². The molecule has 2 saturated heterocycles. The minimum Gasteiger partial charge on any atom is -0.346 e. The van der Waals surface area contributed by atoms with Gasteiger partial charge in [-0.15, -0.1) is 0 Å². The number of Topliss-reactive ketones (excluding diaryl/α,β-unsaturated/α-hetero) is 1. The number of ketones is 1. The number of hydrogen-bond acceptors (Lipinski definition) is 6. The molecule has 0 amide bonds. The Bertz CT molecular complexity index is 1320. The molecule has 1 aromatic carbocycles. The van der Waals surface area contributed by atoms with E-state index in [2.05, 4.69) is 38.4 Å². The van der Waals surface area contributed by atoms with Crippen LogP contribution in [0.1, 0.15) is 42.6 Å². The molecule has 0 saturated carbocycles. The number of hydrogen-bond donors (Lipinski definition) is 0. The summed E-state index contributed by atoms with van der Waals surface area (Å²) in [7, 11) is -2.10. The summed E-state index contributed by atoms with van der Waals surface area (Å²) in [5, 5.41) is 0. The van der Waals surface area contributed by atoms with E-state index in [-0.39, 0.29) is 18.9 Å². The van der Waals surface area contributed by atoms with Crippen LogP contribution in [-0.2, 0) is 40.5 Å². The van der Waals surface area contributed by atoms with Crippen molar-refractivity contribution >= 4 is 15.8 Å². The fourth-order valence-electron chi connectivity index (χ4n) is 6.25. The number of nitrogens with zero attached hydrogens (tertiary/aromatic N) is 5. The smallest absolute Gasteiger partial charge is 0.346 e. The van der Waals surface area contributed by atoms with Crippen LogP contribution in [0.5, 0.6) is 0 Å². The number of alkyl halides is 3. The van der Waals surface area contributed by atoms with Crippen LogP contribution in [0.4, 0.5) is 13.2 Å². The molecule has 8 nitrogen and oxygen atoms in total. The zero-order chi connectivity index (χ0) is 29.2. The maximum atomic E-state index is 13.5. The molecule has 4 heterocycles. The molecule has 12 heteroatoms. The lowest BCUT2D eigenvalue weighted by Gasteiger charge is -2.36. The summed E-state index contributed by atoms with van der Waals surface area (Å²) >= 11 is 0. The third kappa shape index (κ3) is 7.05. The van der Waals surface area contributed by atoms with Crippen LogP contribution in [0.3, 0.4) is 0 Å². The van der Waals surface area contributed by atoms with Crippen molar-refractivity contribution in [2.45, 2.75) is 62.3 Å². The fourth-order valence-corrected chi connectivity index (χ4v) is 7.97. The average Bonchev–Trinajstić information content (AvgIpc) is 3.36. The molecule has 0 spiro atoms. The number of halogens is 3. The van der Waals surface area contributed by atoms with E-state index in [0.717, 1.165) is 74.2 Å². The van der Waals surface area contributed by atoms with Crippen molar-refractivity contribution in [1.82, 2.24) is 23.6 Å². The van der Waals surface area contributed by atoms with Crippen LogP contribution in [0.2, 0.25) is 0 Å². The minimum absolute atomic E-state index is 0.114. The van der Waals surface area contributed by atoms with Gasteiger partial charge in [0.2, 0.25) is 10.0 Å². The van der Waals surface area contributed by atoms with Crippen LogP contribution in [0.15, 0.2) is 41.3 Å². The molecule has 5 rings (SSSR count). The first-order valence-electron chi connectivity index (χ1n) is 14.5. The van der Waals surface area contributed by atoms with Gasteiger partial charge in [-0.25, -0.2) is 8.42 Å². The summed E-state index contributed by atoms with van der Waals surface area (Å²) in [5.74, 6) is -0.201. The van der Waals surface area contributed by atoms with Crippen LogP contribution in [0, 0.1) is 0 Å². The second kappa shape index (κ2) is 12.5.